The Morgan fingerprint density at radius 1 is 1.33 bits per heavy atom. The van der Waals surface area contributed by atoms with Crippen molar-refractivity contribution in [3.63, 3.8) is 0 Å². The van der Waals surface area contributed by atoms with Gasteiger partial charge < -0.3 is 5.32 Å². The van der Waals surface area contributed by atoms with Gasteiger partial charge in [-0.3, -0.25) is 0 Å². The number of benzene rings is 1. The van der Waals surface area contributed by atoms with E-state index >= 15 is 0 Å². The van der Waals surface area contributed by atoms with Crippen molar-refractivity contribution >= 4 is 0 Å². The third-order valence-corrected chi connectivity index (χ3v) is 2.56. The first-order valence-corrected chi connectivity index (χ1v) is 5.49. The summed E-state index contributed by atoms with van der Waals surface area (Å²) in [7, 11) is 0. The number of rotatable bonds is 5. The van der Waals surface area contributed by atoms with Gasteiger partial charge in [-0.1, -0.05) is 36.4 Å². The molecule has 82 valence electrons. The van der Waals surface area contributed by atoms with Crippen molar-refractivity contribution in [1.29, 1.82) is 0 Å². The van der Waals surface area contributed by atoms with Crippen molar-refractivity contribution < 1.29 is 0 Å². The molecule has 0 aromatic heterocycles. The molecule has 0 amide bonds. The monoisotopic (exact) mass is 203 g/mol. The zero-order chi connectivity index (χ0) is 11.3. The van der Waals surface area contributed by atoms with Crippen LogP contribution in [0.25, 0.3) is 0 Å². The van der Waals surface area contributed by atoms with Gasteiger partial charge in [0.1, 0.15) is 0 Å². The van der Waals surface area contributed by atoms with Gasteiger partial charge in [0.2, 0.25) is 0 Å². The molecule has 0 spiro atoms. The quantitative estimate of drug-likeness (QED) is 0.720. The molecule has 15 heavy (non-hydrogen) atoms. The Morgan fingerprint density at radius 3 is 2.47 bits per heavy atom. The highest BCUT2D eigenvalue weighted by molar-refractivity contribution is 5.18. The van der Waals surface area contributed by atoms with E-state index in [1.165, 1.54) is 5.56 Å². The molecule has 0 radical (unpaired) electrons. The van der Waals surface area contributed by atoms with Gasteiger partial charge in [-0.25, -0.2) is 0 Å². The molecule has 0 unspecified atom stereocenters. The topological polar surface area (TPSA) is 12.0 Å². The lowest BCUT2D eigenvalue weighted by Gasteiger charge is -2.29. The Morgan fingerprint density at radius 2 is 1.93 bits per heavy atom. The van der Waals surface area contributed by atoms with E-state index in [1.807, 2.05) is 12.1 Å². The Bertz CT molecular complexity index is 300. The van der Waals surface area contributed by atoms with Crippen LogP contribution in [0.5, 0.6) is 0 Å². The van der Waals surface area contributed by atoms with E-state index in [-0.39, 0.29) is 5.54 Å². The third kappa shape index (κ3) is 3.88. The highest BCUT2D eigenvalue weighted by atomic mass is 15.0. The molecule has 1 rings (SSSR count). The van der Waals surface area contributed by atoms with Gasteiger partial charge in [-0.05, 0) is 32.8 Å². The third-order valence-electron chi connectivity index (χ3n) is 2.56. The maximum atomic E-state index is 3.79. The Hall–Kier alpha value is -1.08. The maximum Gasteiger partial charge on any atom is 0.0296 e. The largest absolute Gasteiger partial charge is 0.305 e. The van der Waals surface area contributed by atoms with Crippen LogP contribution in [0.3, 0.4) is 0 Å². The van der Waals surface area contributed by atoms with Gasteiger partial charge in [0.25, 0.3) is 0 Å². The molecule has 0 heterocycles. The summed E-state index contributed by atoms with van der Waals surface area (Å²) in [5, 5.41) is 3.60. The number of hydrogen-bond acceptors (Lipinski definition) is 1. The SMILES string of the molecule is C=CCC(C)(C)N[C@H](C)c1ccccc1. The van der Waals surface area contributed by atoms with Crippen LogP contribution in [0.1, 0.15) is 38.8 Å². The van der Waals surface area contributed by atoms with Crippen LogP contribution in [-0.4, -0.2) is 5.54 Å². The standard InChI is InChI=1S/C14H21N/c1-5-11-14(3,4)15-12(2)13-9-7-6-8-10-13/h5-10,12,15H,1,11H2,2-4H3/t12-/m1/s1. The van der Waals surface area contributed by atoms with Gasteiger partial charge in [0.15, 0.2) is 0 Å². The van der Waals surface area contributed by atoms with Crippen LogP contribution in [-0.2, 0) is 0 Å². The molecule has 0 aliphatic heterocycles. The van der Waals surface area contributed by atoms with Gasteiger partial charge in [0.05, 0.1) is 0 Å². The van der Waals surface area contributed by atoms with E-state index in [4.69, 9.17) is 0 Å². The predicted molar refractivity (Wildman–Crippen MR) is 66.9 cm³/mol. The molecule has 1 aromatic carbocycles. The lowest BCUT2D eigenvalue weighted by molar-refractivity contribution is 0.351. The summed E-state index contributed by atoms with van der Waals surface area (Å²) in [6, 6.07) is 10.9. The fourth-order valence-electron chi connectivity index (χ4n) is 1.83. The lowest BCUT2D eigenvalue weighted by Crippen LogP contribution is -2.40. The summed E-state index contributed by atoms with van der Waals surface area (Å²) in [5.74, 6) is 0. The molecule has 0 saturated carbocycles. The summed E-state index contributed by atoms with van der Waals surface area (Å²) in [6.07, 6.45) is 2.94. The highest BCUT2D eigenvalue weighted by Crippen LogP contribution is 2.18. The van der Waals surface area contributed by atoms with Crippen LogP contribution in [0.15, 0.2) is 43.0 Å². The fraction of sp³-hybridized carbons (Fsp3) is 0.429. The molecule has 0 fully saturated rings. The molecule has 0 saturated heterocycles. The zero-order valence-corrected chi connectivity index (χ0v) is 9.96. The van der Waals surface area contributed by atoms with Crippen molar-refractivity contribution in [2.24, 2.45) is 0 Å². The number of hydrogen-bond donors (Lipinski definition) is 1. The molecule has 0 bridgehead atoms. The van der Waals surface area contributed by atoms with Crippen LogP contribution in [0.2, 0.25) is 0 Å². The first-order chi connectivity index (χ1) is 7.05. The summed E-state index contributed by atoms with van der Waals surface area (Å²) in [5.41, 5.74) is 1.44. The van der Waals surface area contributed by atoms with Crippen LogP contribution >= 0.6 is 0 Å². The average Bonchev–Trinajstić information content (AvgIpc) is 2.18. The van der Waals surface area contributed by atoms with Crippen molar-refractivity contribution in [2.45, 2.75) is 38.8 Å². The molecular weight excluding hydrogens is 182 g/mol. The summed E-state index contributed by atoms with van der Waals surface area (Å²) in [6.45, 7) is 10.4. The molecule has 1 nitrogen and oxygen atoms in total. The van der Waals surface area contributed by atoms with Gasteiger partial charge in [0, 0.05) is 11.6 Å². The second-order valence-electron chi connectivity index (χ2n) is 4.65. The zero-order valence-electron chi connectivity index (χ0n) is 9.96. The molecule has 1 aromatic rings. The van der Waals surface area contributed by atoms with Crippen molar-refractivity contribution in [3.8, 4) is 0 Å². The normalized spacial score (nSPS) is 13.5. The lowest BCUT2D eigenvalue weighted by atomic mass is 9.97. The van der Waals surface area contributed by atoms with E-state index in [2.05, 4.69) is 56.9 Å². The van der Waals surface area contributed by atoms with Gasteiger partial charge in [-0.2, -0.15) is 0 Å². The number of nitrogens with one attached hydrogen (secondary N) is 1. The van der Waals surface area contributed by atoms with E-state index in [1.54, 1.807) is 0 Å². The molecule has 0 aliphatic rings. The van der Waals surface area contributed by atoms with E-state index in [0.717, 1.165) is 6.42 Å². The van der Waals surface area contributed by atoms with Crippen LogP contribution in [0.4, 0.5) is 0 Å². The summed E-state index contributed by atoms with van der Waals surface area (Å²) >= 11 is 0. The smallest absolute Gasteiger partial charge is 0.0296 e. The first-order valence-electron chi connectivity index (χ1n) is 5.49. The Labute approximate surface area is 93.2 Å². The van der Waals surface area contributed by atoms with E-state index in [9.17, 15) is 0 Å². The molecule has 1 heteroatoms. The highest BCUT2D eigenvalue weighted by Gasteiger charge is 2.18. The van der Waals surface area contributed by atoms with Crippen LogP contribution < -0.4 is 5.32 Å². The van der Waals surface area contributed by atoms with E-state index < -0.39 is 0 Å². The summed E-state index contributed by atoms with van der Waals surface area (Å²) < 4.78 is 0. The first kappa shape index (κ1) is 12.0. The van der Waals surface area contributed by atoms with Crippen LogP contribution in [0, 0.1) is 0 Å². The average molecular weight is 203 g/mol. The molecular formula is C14H21N. The fourth-order valence-corrected chi connectivity index (χ4v) is 1.83. The van der Waals surface area contributed by atoms with E-state index in [0.29, 0.717) is 6.04 Å². The minimum absolute atomic E-state index is 0.108. The summed E-state index contributed by atoms with van der Waals surface area (Å²) in [4.78, 5) is 0. The maximum absolute atomic E-state index is 3.79. The Balaban J connectivity index is 2.63. The minimum Gasteiger partial charge on any atom is -0.305 e. The molecule has 1 atom stereocenters. The van der Waals surface area contributed by atoms with Gasteiger partial charge in [-0.15, -0.1) is 6.58 Å². The van der Waals surface area contributed by atoms with Crippen molar-refractivity contribution in [1.82, 2.24) is 5.32 Å². The van der Waals surface area contributed by atoms with Gasteiger partial charge >= 0.3 is 0 Å². The predicted octanol–water partition coefficient (Wildman–Crippen LogP) is 3.69. The Kier molecular flexibility index (Phi) is 4.10. The second kappa shape index (κ2) is 5.13. The minimum atomic E-state index is 0.108. The molecule has 0 aliphatic carbocycles. The second-order valence-corrected chi connectivity index (χ2v) is 4.65. The van der Waals surface area contributed by atoms with Crippen molar-refractivity contribution in [3.05, 3.63) is 48.6 Å². The van der Waals surface area contributed by atoms with Crippen molar-refractivity contribution in [2.75, 3.05) is 0 Å². The molecule has 1 N–H and O–H groups in total.